The normalized spacial score (nSPS) is 18.2. The van der Waals surface area contributed by atoms with Gasteiger partial charge < -0.3 is 10.6 Å². The standard InChI is InChI=1S/C21H23ClN2O2/c1-2-14-5-9-17(10-6-14)24-21(26)19-13-18(19)20(25)23-12-11-15-3-7-16(22)8-4-15/h3-10,18-19H,2,11-13H2,1H3,(H,23,25)(H,24,26). The molecule has 26 heavy (non-hydrogen) atoms. The molecule has 5 heteroatoms. The minimum Gasteiger partial charge on any atom is -0.356 e. The van der Waals surface area contributed by atoms with Crippen molar-refractivity contribution in [1.82, 2.24) is 5.32 Å². The molecule has 1 aliphatic rings. The van der Waals surface area contributed by atoms with Crippen LogP contribution in [0.3, 0.4) is 0 Å². The highest BCUT2D eigenvalue weighted by Crippen LogP contribution is 2.39. The predicted octanol–water partition coefficient (Wildman–Crippen LogP) is 3.84. The summed E-state index contributed by atoms with van der Waals surface area (Å²) in [6, 6.07) is 15.4. The monoisotopic (exact) mass is 370 g/mol. The van der Waals surface area contributed by atoms with Crippen molar-refractivity contribution in [3.05, 3.63) is 64.7 Å². The highest BCUT2D eigenvalue weighted by Gasteiger charge is 2.47. The molecule has 0 heterocycles. The van der Waals surface area contributed by atoms with Crippen LogP contribution in [0.4, 0.5) is 5.69 Å². The van der Waals surface area contributed by atoms with Gasteiger partial charge in [-0.25, -0.2) is 0 Å². The molecule has 0 aromatic heterocycles. The Bertz CT molecular complexity index is 772. The highest BCUT2D eigenvalue weighted by atomic mass is 35.5. The van der Waals surface area contributed by atoms with Crippen LogP contribution >= 0.6 is 11.6 Å². The van der Waals surface area contributed by atoms with E-state index in [0.717, 1.165) is 24.1 Å². The van der Waals surface area contributed by atoms with Crippen molar-refractivity contribution in [3.8, 4) is 0 Å². The van der Waals surface area contributed by atoms with Gasteiger partial charge in [-0.2, -0.15) is 0 Å². The van der Waals surface area contributed by atoms with Crippen molar-refractivity contribution in [2.75, 3.05) is 11.9 Å². The largest absolute Gasteiger partial charge is 0.356 e. The van der Waals surface area contributed by atoms with Crippen molar-refractivity contribution < 1.29 is 9.59 Å². The number of aryl methyl sites for hydroxylation is 1. The van der Waals surface area contributed by atoms with Gasteiger partial charge in [-0.3, -0.25) is 9.59 Å². The van der Waals surface area contributed by atoms with Crippen LogP contribution in [-0.4, -0.2) is 18.4 Å². The second kappa shape index (κ2) is 8.37. The smallest absolute Gasteiger partial charge is 0.228 e. The molecule has 0 bridgehead atoms. The average molecular weight is 371 g/mol. The highest BCUT2D eigenvalue weighted by molar-refractivity contribution is 6.30. The van der Waals surface area contributed by atoms with E-state index in [0.29, 0.717) is 18.0 Å². The first-order valence-corrected chi connectivity index (χ1v) is 9.36. The number of benzene rings is 2. The van der Waals surface area contributed by atoms with Gasteiger partial charge in [0.15, 0.2) is 0 Å². The summed E-state index contributed by atoms with van der Waals surface area (Å²) in [6.07, 6.45) is 2.33. The summed E-state index contributed by atoms with van der Waals surface area (Å²) in [6.45, 7) is 2.65. The molecule has 1 saturated carbocycles. The van der Waals surface area contributed by atoms with Gasteiger partial charge in [0, 0.05) is 17.3 Å². The number of hydrogen-bond donors (Lipinski definition) is 2. The minimum atomic E-state index is -0.226. The maximum absolute atomic E-state index is 12.3. The van der Waals surface area contributed by atoms with Crippen molar-refractivity contribution in [3.63, 3.8) is 0 Å². The summed E-state index contributed by atoms with van der Waals surface area (Å²) in [5.41, 5.74) is 3.13. The van der Waals surface area contributed by atoms with Gasteiger partial charge in [0.05, 0.1) is 11.8 Å². The molecule has 136 valence electrons. The third-order valence-corrected chi connectivity index (χ3v) is 4.97. The van der Waals surface area contributed by atoms with E-state index in [1.54, 1.807) is 0 Å². The summed E-state index contributed by atoms with van der Waals surface area (Å²) in [7, 11) is 0. The lowest BCUT2D eigenvalue weighted by Gasteiger charge is -2.07. The number of nitrogens with one attached hydrogen (secondary N) is 2. The van der Waals surface area contributed by atoms with Gasteiger partial charge in [0.2, 0.25) is 11.8 Å². The molecule has 2 aromatic carbocycles. The van der Waals surface area contributed by atoms with Gasteiger partial charge >= 0.3 is 0 Å². The number of anilines is 1. The molecule has 1 aliphatic carbocycles. The molecule has 1 fully saturated rings. The van der Waals surface area contributed by atoms with Crippen LogP contribution in [0.1, 0.15) is 24.5 Å². The van der Waals surface area contributed by atoms with Crippen LogP contribution in [0.15, 0.2) is 48.5 Å². The van der Waals surface area contributed by atoms with Gasteiger partial charge in [0.1, 0.15) is 0 Å². The van der Waals surface area contributed by atoms with Gasteiger partial charge in [-0.15, -0.1) is 0 Å². The van der Waals surface area contributed by atoms with Gasteiger partial charge in [0.25, 0.3) is 0 Å². The zero-order valence-corrected chi connectivity index (χ0v) is 15.6. The lowest BCUT2D eigenvalue weighted by molar-refractivity contribution is -0.125. The van der Waals surface area contributed by atoms with Crippen LogP contribution in [0, 0.1) is 11.8 Å². The van der Waals surface area contributed by atoms with E-state index >= 15 is 0 Å². The van der Waals surface area contributed by atoms with E-state index in [1.165, 1.54) is 5.56 Å². The number of hydrogen-bond acceptors (Lipinski definition) is 2. The third-order valence-electron chi connectivity index (χ3n) is 4.72. The first-order valence-electron chi connectivity index (χ1n) is 8.98. The minimum absolute atomic E-state index is 0.0413. The first-order chi connectivity index (χ1) is 12.6. The Morgan fingerprint density at radius 2 is 1.58 bits per heavy atom. The predicted molar refractivity (Wildman–Crippen MR) is 104 cm³/mol. The molecule has 0 aliphatic heterocycles. The summed E-state index contributed by atoms with van der Waals surface area (Å²) >= 11 is 5.86. The van der Waals surface area contributed by atoms with Crippen LogP contribution in [-0.2, 0) is 22.4 Å². The Labute approximate surface area is 158 Å². The summed E-state index contributed by atoms with van der Waals surface area (Å²) in [5, 5.41) is 6.52. The van der Waals surface area contributed by atoms with Crippen molar-refractivity contribution in [2.24, 2.45) is 11.8 Å². The van der Waals surface area contributed by atoms with E-state index in [-0.39, 0.29) is 23.7 Å². The molecular weight excluding hydrogens is 348 g/mol. The SMILES string of the molecule is CCc1ccc(NC(=O)C2CC2C(=O)NCCc2ccc(Cl)cc2)cc1. The van der Waals surface area contributed by atoms with E-state index in [2.05, 4.69) is 17.6 Å². The Morgan fingerprint density at radius 1 is 0.962 bits per heavy atom. The first kappa shape index (κ1) is 18.5. The lowest BCUT2D eigenvalue weighted by Crippen LogP contribution is -2.29. The molecule has 0 spiro atoms. The average Bonchev–Trinajstić information content (AvgIpc) is 3.45. The summed E-state index contributed by atoms with van der Waals surface area (Å²) in [5.74, 6) is -0.556. The number of halogens is 1. The fourth-order valence-corrected chi connectivity index (χ4v) is 3.07. The molecule has 0 saturated heterocycles. The zero-order valence-electron chi connectivity index (χ0n) is 14.8. The third kappa shape index (κ3) is 4.85. The maximum atomic E-state index is 12.3. The Morgan fingerprint density at radius 3 is 2.23 bits per heavy atom. The fraction of sp³-hybridized carbons (Fsp3) is 0.333. The second-order valence-electron chi connectivity index (χ2n) is 6.66. The van der Waals surface area contributed by atoms with E-state index < -0.39 is 0 Å². The topological polar surface area (TPSA) is 58.2 Å². The van der Waals surface area contributed by atoms with E-state index in [9.17, 15) is 9.59 Å². The Hall–Kier alpha value is -2.33. The number of carbonyl (C=O) groups excluding carboxylic acids is 2. The number of carbonyl (C=O) groups is 2. The maximum Gasteiger partial charge on any atom is 0.228 e. The van der Waals surface area contributed by atoms with Crippen molar-refractivity contribution in [1.29, 1.82) is 0 Å². The molecular formula is C21H23ClN2O2. The molecule has 0 radical (unpaired) electrons. The van der Waals surface area contributed by atoms with Gasteiger partial charge in [-0.05, 0) is 54.7 Å². The fourth-order valence-electron chi connectivity index (χ4n) is 2.95. The van der Waals surface area contributed by atoms with Crippen LogP contribution in [0.5, 0.6) is 0 Å². The number of amides is 2. The molecule has 2 N–H and O–H groups in total. The molecule has 2 unspecified atom stereocenters. The summed E-state index contributed by atoms with van der Waals surface area (Å²) in [4.78, 5) is 24.5. The zero-order chi connectivity index (χ0) is 18.5. The molecule has 2 amide bonds. The van der Waals surface area contributed by atoms with E-state index in [1.807, 2.05) is 48.5 Å². The molecule has 4 nitrogen and oxygen atoms in total. The molecule has 3 rings (SSSR count). The van der Waals surface area contributed by atoms with Gasteiger partial charge in [-0.1, -0.05) is 42.8 Å². The van der Waals surface area contributed by atoms with Crippen LogP contribution in [0.25, 0.3) is 0 Å². The van der Waals surface area contributed by atoms with Crippen LogP contribution < -0.4 is 10.6 Å². The van der Waals surface area contributed by atoms with Crippen molar-refractivity contribution in [2.45, 2.75) is 26.2 Å². The van der Waals surface area contributed by atoms with E-state index in [4.69, 9.17) is 11.6 Å². The molecule has 2 atom stereocenters. The Balaban J connectivity index is 1.41. The quantitative estimate of drug-likeness (QED) is 0.778. The number of rotatable bonds is 7. The van der Waals surface area contributed by atoms with Crippen molar-refractivity contribution >= 4 is 29.1 Å². The van der Waals surface area contributed by atoms with Crippen LogP contribution in [0.2, 0.25) is 5.02 Å². The second-order valence-corrected chi connectivity index (χ2v) is 7.09. The summed E-state index contributed by atoms with van der Waals surface area (Å²) < 4.78 is 0. The Kier molecular flexibility index (Phi) is 5.94. The molecule has 2 aromatic rings. The lowest BCUT2D eigenvalue weighted by atomic mass is 10.1.